The second-order valence-electron chi connectivity index (χ2n) is 6.53. The average molecular weight is 297 g/mol. The van der Waals surface area contributed by atoms with E-state index in [1.807, 2.05) is 0 Å². The van der Waals surface area contributed by atoms with Crippen LogP contribution in [0, 0.1) is 0 Å². The fourth-order valence-corrected chi connectivity index (χ4v) is 4.18. The molecule has 0 saturated heterocycles. The Morgan fingerprint density at radius 1 is 0.652 bits per heavy atom. The average Bonchev–Trinajstić information content (AvgIpc) is 3.00. The minimum atomic E-state index is 1.06. The van der Waals surface area contributed by atoms with Gasteiger partial charge in [-0.1, -0.05) is 54.6 Å². The van der Waals surface area contributed by atoms with Crippen LogP contribution in [0.25, 0.3) is 11.1 Å². The molecule has 1 heterocycles. The van der Waals surface area contributed by atoms with Gasteiger partial charge >= 0.3 is 0 Å². The summed E-state index contributed by atoms with van der Waals surface area (Å²) in [6.45, 7) is 1.11. The van der Waals surface area contributed by atoms with Gasteiger partial charge in [-0.05, 0) is 53.6 Å². The van der Waals surface area contributed by atoms with Gasteiger partial charge < -0.3 is 4.90 Å². The van der Waals surface area contributed by atoms with Crippen molar-refractivity contribution in [1.82, 2.24) is 0 Å². The highest BCUT2D eigenvalue weighted by Gasteiger charge is 2.26. The molecular weight excluding hydrogens is 278 g/mol. The van der Waals surface area contributed by atoms with E-state index in [-0.39, 0.29) is 0 Å². The van der Waals surface area contributed by atoms with Crippen LogP contribution in [0.1, 0.15) is 23.1 Å². The number of nitrogens with zero attached hydrogens (tertiary/aromatic N) is 1. The SMILES string of the molecule is c1ccc2c(c1)Cc1cccc(N3CCCc4ccccc43)c1-2. The highest BCUT2D eigenvalue weighted by molar-refractivity contribution is 5.90. The summed E-state index contributed by atoms with van der Waals surface area (Å²) in [6, 6.07) is 24.5. The van der Waals surface area contributed by atoms with Crippen molar-refractivity contribution in [3.05, 3.63) is 83.4 Å². The molecule has 0 amide bonds. The summed E-state index contributed by atoms with van der Waals surface area (Å²) >= 11 is 0. The number of aryl methyl sites for hydroxylation is 1. The van der Waals surface area contributed by atoms with Gasteiger partial charge in [-0.15, -0.1) is 0 Å². The Morgan fingerprint density at radius 3 is 2.35 bits per heavy atom. The fourth-order valence-electron chi connectivity index (χ4n) is 4.18. The number of fused-ring (bicyclic) bond motifs is 4. The van der Waals surface area contributed by atoms with Crippen LogP contribution in [0.5, 0.6) is 0 Å². The van der Waals surface area contributed by atoms with Gasteiger partial charge in [0.15, 0.2) is 0 Å². The number of hydrogen-bond acceptors (Lipinski definition) is 1. The second-order valence-corrected chi connectivity index (χ2v) is 6.53. The molecule has 3 aromatic rings. The number of anilines is 2. The summed E-state index contributed by atoms with van der Waals surface area (Å²) in [6.07, 6.45) is 3.48. The summed E-state index contributed by atoms with van der Waals surface area (Å²) in [5, 5.41) is 0. The second kappa shape index (κ2) is 4.99. The van der Waals surface area contributed by atoms with Crippen LogP contribution in [0.3, 0.4) is 0 Å². The molecule has 0 saturated carbocycles. The van der Waals surface area contributed by atoms with E-state index >= 15 is 0 Å². The quantitative estimate of drug-likeness (QED) is 0.458. The Balaban J connectivity index is 1.72. The molecule has 5 rings (SSSR count). The van der Waals surface area contributed by atoms with Crippen LogP contribution in [0.15, 0.2) is 66.7 Å². The standard InChI is InChI=1S/C22H19N/c1-3-11-19-17(8-1)15-18-9-5-13-21(22(18)19)23-14-6-10-16-7-2-4-12-20(16)23/h1-5,7-9,11-13H,6,10,14-15H2. The Labute approximate surface area is 137 Å². The Bertz CT molecular complexity index is 894. The van der Waals surface area contributed by atoms with Crippen LogP contribution < -0.4 is 4.90 Å². The lowest BCUT2D eigenvalue weighted by molar-refractivity contribution is 0.767. The molecule has 1 heteroatoms. The number of para-hydroxylation sites is 1. The monoisotopic (exact) mass is 297 g/mol. The highest BCUT2D eigenvalue weighted by Crippen LogP contribution is 2.45. The van der Waals surface area contributed by atoms with E-state index in [4.69, 9.17) is 0 Å². The highest BCUT2D eigenvalue weighted by atomic mass is 15.1. The lowest BCUT2D eigenvalue weighted by Crippen LogP contribution is -2.24. The van der Waals surface area contributed by atoms with E-state index in [0.717, 1.165) is 13.0 Å². The molecule has 0 fully saturated rings. The summed E-state index contributed by atoms with van der Waals surface area (Å²) in [5.74, 6) is 0. The number of rotatable bonds is 1. The lowest BCUT2D eigenvalue weighted by Gasteiger charge is -2.33. The van der Waals surface area contributed by atoms with E-state index in [9.17, 15) is 0 Å². The predicted molar refractivity (Wildman–Crippen MR) is 96.5 cm³/mol. The molecule has 0 spiro atoms. The predicted octanol–water partition coefficient (Wildman–Crippen LogP) is 5.34. The van der Waals surface area contributed by atoms with Crippen LogP contribution in [-0.2, 0) is 12.8 Å². The molecule has 0 aromatic heterocycles. The van der Waals surface area contributed by atoms with Crippen molar-refractivity contribution in [2.75, 3.05) is 11.4 Å². The zero-order valence-electron chi connectivity index (χ0n) is 13.1. The summed E-state index contributed by atoms with van der Waals surface area (Å²) in [5.41, 5.74) is 10.0. The Kier molecular flexibility index (Phi) is 2.81. The molecular formula is C22H19N. The molecule has 0 N–H and O–H groups in total. The molecule has 1 aliphatic heterocycles. The maximum atomic E-state index is 2.53. The Morgan fingerprint density at radius 2 is 1.39 bits per heavy atom. The van der Waals surface area contributed by atoms with Crippen LogP contribution >= 0.6 is 0 Å². The van der Waals surface area contributed by atoms with E-state index in [1.54, 1.807) is 0 Å². The van der Waals surface area contributed by atoms with Crippen molar-refractivity contribution >= 4 is 11.4 Å². The molecule has 3 aromatic carbocycles. The zero-order chi connectivity index (χ0) is 15.2. The first-order valence-electron chi connectivity index (χ1n) is 8.47. The first-order valence-corrected chi connectivity index (χ1v) is 8.47. The molecule has 0 radical (unpaired) electrons. The van der Waals surface area contributed by atoms with Crippen molar-refractivity contribution in [3.63, 3.8) is 0 Å². The van der Waals surface area contributed by atoms with Gasteiger partial charge in [-0.25, -0.2) is 0 Å². The third-order valence-corrected chi connectivity index (χ3v) is 5.20. The van der Waals surface area contributed by atoms with Gasteiger partial charge in [-0.3, -0.25) is 0 Å². The van der Waals surface area contributed by atoms with Crippen molar-refractivity contribution < 1.29 is 0 Å². The number of benzene rings is 3. The smallest absolute Gasteiger partial charge is 0.0493 e. The van der Waals surface area contributed by atoms with E-state index in [2.05, 4.69) is 71.6 Å². The molecule has 112 valence electrons. The van der Waals surface area contributed by atoms with Gasteiger partial charge in [0, 0.05) is 23.5 Å². The normalized spacial score (nSPS) is 15.0. The van der Waals surface area contributed by atoms with Gasteiger partial charge in [0.2, 0.25) is 0 Å². The first-order chi connectivity index (χ1) is 11.4. The van der Waals surface area contributed by atoms with Crippen LogP contribution in [0.2, 0.25) is 0 Å². The minimum absolute atomic E-state index is 1.06. The Hall–Kier alpha value is -2.54. The van der Waals surface area contributed by atoms with Crippen LogP contribution in [-0.4, -0.2) is 6.54 Å². The van der Waals surface area contributed by atoms with Crippen molar-refractivity contribution in [3.8, 4) is 11.1 Å². The number of hydrogen-bond donors (Lipinski definition) is 0. The maximum Gasteiger partial charge on any atom is 0.0493 e. The van der Waals surface area contributed by atoms with Gasteiger partial charge in [-0.2, -0.15) is 0 Å². The largest absolute Gasteiger partial charge is 0.341 e. The molecule has 0 unspecified atom stereocenters. The van der Waals surface area contributed by atoms with Crippen molar-refractivity contribution in [2.45, 2.75) is 19.3 Å². The molecule has 0 bridgehead atoms. The summed E-state index contributed by atoms with van der Waals surface area (Å²) < 4.78 is 0. The molecule has 1 aliphatic carbocycles. The van der Waals surface area contributed by atoms with Crippen molar-refractivity contribution in [2.24, 2.45) is 0 Å². The third-order valence-electron chi connectivity index (χ3n) is 5.20. The van der Waals surface area contributed by atoms with Gasteiger partial charge in [0.05, 0.1) is 0 Å². The molecule has 1 nitrogen and oxygen atoms in total. The summed E-state index contributed by atoms with van der Waals surface area (Å²) in [7, 11) is 0. The maximum absolute atomic E-state index is 2.53. The molecule has 0 atom stereocenters. The minimum Gasteiger partial charge on any atom is -0.341 e. The fraction of sp³-hybridized carbons (Fsp3) is 0.182. The van der Waals surface area contributed by atoms with E-state index in [0.29, 0.717) is 0 Å². The first kappa shape index (κ1) is 13.0. The van der Waals surface area contributed by atoms with Gasteiger partial charge in [0.25, 0.3) is 0 Å². The molecule has 23 heavy (non-hydrogen) atoms. The van der Waals surface area contributed by atoms with Crippen molar-refractivity contribution in [1.29, 1.82) is 0 Å². The zero-order valence-corrected chi connectivity index (χ0v) is 13.1. The lowest BCUT2D eigenvalue weighted by atomic mass is 9.97. The van der Waals surface area contributed by atoms with E-state index < -0.39 is 0 Å². The van der Waals surface area contributed by atoms with Crippen LogP contribution in [0.4, 0.5) is 11.4 Å². The van der Waals surface area contributed by atoms with E-state index in [1.165, 1.54) is 52.0 Å². The topological polar surface area (TPSA) is 3.24 Å². The van der Waals surface area contributed by atoms with Gasteiger partial charge in [0.1, 0.15) is 0 Å². The molecule has 2 aliphatic rings. The third kappa shape index (κ3) is 1.93. The summed E-state index contributed by atoms with van der Waals surface area (Å²) in [4.78, 5) is 2.53.